The van der Waals surface area contributed by atoms with Gasteiger partial charge in [-0.3, -0.25) is 14.4 Å². The smallest absolute Gasteiger partial charge is 0.306 e. The van der Waals surface area contributed by atoms with Crippen LogP contribution in [0, 0.1) is 0 Å². The van der Waals surface area contributed by atoms with Crippen LogP contribution in [0.3, 0.4) is 0 Å². The van der Waals surface area contributed by atoms with Crippen molar-refractivity contribution in [2.24, 2.45) is 0 Å². The van der Waals surface area contributed by atoms with E-state index >= 15 is 0 Å². The molecule has 0 spiro atoms. The van der Waals surface area contributed by atoms with Gasteiger partial charge in [-0.25, -0.2) is 0 Å². The summed E-state index contributed by atoms with van der Waals surface area (Å²) in [7, 11) is 0. The van der Waals surface area contributed by atoms with E-state index < -0.39 is 6.10 Å². The molecule has 1 unspecified atom stereocenters. The molecular weight excluding hydrogens is 985 g/mol. The summed E-state index contributed by atoms with van der Waals surface area (Å²) in [6.07, 6.45) is 87.0. The second-order valence-corrected chi connectivity index (χ2v) is 24.1. The van der Waals surface area contributed by atoms with Crippen LogP contribution in [0.1, 0.15) is 387 Å². The average molecular weight is 1120 g/mol. The normalized spacial score (nSPS) is 12.3. The third kappa shape index (κ3) is 66.2. The van der Waals surface area contributed by atoms with Crippen molar-refractivity contribution in [1.82, 2.24) is 0 Å². The SMILES string of the molecule is CCCCC/C=C\C/C=C\CCCCCCCCCC(=O)OCC(COC(=O)CCCCCCCCCCCCCCCCCCCCCCCCCC)OC(=O)CCCCCCCCCCC/C=C\C/C=C\CCCCCCC. The fourth-order valence-corrected chi connectivity index (χ4v) is 10.7. The lowest BCUT2D eigenvalue weighted by molar-refractivity contribution is -0.167. The largest absolute Gasteiger partial charge is 0.462 e. The first-order valence-electron chi connectivity index (χ1n) is 35.6. The minimum absolute atomic E-state index is 0.0733. The first-order chi connectivity index (χ1) is 39.5. The Labute approximate surface area is 498 Å². The molecule has 0 heterocycles. The van der Waals surface area contributed by atoms with E-state index in [0.717, 1.165) is 77.0 Å². The average Bonchev–Trinajstić information content (AvgIpc) is 3.46. The van der Waals surface area contributed by atoms with Gasteiger partial charge in [0.25, 0.3) is 0 Å². The summed E-state index contributed by atoms with van der Waals surface area (Å²) in [6, 6.07) is 0. The Balaban J connectivity index is 4.31. The molecule has 0 saturated carbocycles. The Morgan fingerprint density at radius 2 is 0.450 bits per heavy atom. The number of carbonyl (C=O) groups is 3. The van der Waals surface area contributed by atoms with Gasteiger partial charge in [0.2, 0.25) is 0 Å². The second-order valence-electron chi connectivity index (χ2n) is 24.1. The van der Waals surface area contributed by atoms with Gasteiger partial charge in [0.1, 0.15) is 13.2 Å². The molecule has 0 amide bonds. The fraction of sp³-hybridized carbons (Fsp3) is 0.851. The van der Waals surface area contributed by atoms with Crippen molar-refractivity contribution in [2.75, 3.05) is 13.2 Å². The van der Waals surface area contributed by atoms with Crippen molar-refractivity contribution in [3.63, 3.8) is 0 Å². The summed E-state index contributed by atoms with van der Waals surface area (Å²) in [5, 5.41) is 0. The molecule has 0 saturated heterocycles. The van der Waals surface area contributed by atoms with Gasteiger partial charge in [-0.2, -0.15) is 0 Å². The fourth-order valence-electron chi connectivity index (χ4n) is 10.7. The topological polar surface area (TPSA) is 78.9 Å². The number of esters is 3. The highest BCUT2D eigenvalue weighted by Gasteiger charge is 2.19. The summed E-state index contributed by atoms with van der Waals surface area (Å²) in [5.41, 5.74) is 0. The van der Waals surface area contributed by atoms with Crippen molar-refractivity contribution in [3.05, 3.63) is 48.6 Å². The number of hydrogen-bond acceptors (Lipinski definition) is 6. The molecule has 0 fully saturated rings. The van der Waals surface area contributed by atoms with E-state index in [2.05, 4.69) is 69.4 Å². The van der Waals surface area contributed by atoms with Crippen LogP contribution in [-0.4, -0.2) is 37.2 Å². The van der Waals surface area contributed by atoms with Crippen LogP contribution in [-0.2, 0) is 28.6 Å². The van der Waals surface area contributed by atoms with E-state index in [9.17, 15) is 14.4 Å². The van der Waals surface area contributed by atoms with E-state index in [1.54, 1.807) is 0 Å². The van der Waals surface area contributed by atoms with Gasteiger partial charge >= 0.3 is 17.9 Å². The zero-order chi connectivity index (χ0) is 57.8. The van der Waals surface area contributed by atoms with Crippen molar-refractivity contribution in [3.8, 4) is 0 Å². The first kappa shape index (κ1) is 77.4. The number of hydrogen-bond donors (Lipinski definition) is 0. The van der Waals surface area contributed by atoms with Gasteiger partial charge in [-0.05, 0) is 83.5 Å². The maximum Gasteiger partial charge on any atom is 0.306 e. The maximum absolute atomic E-state index is 13.0. The highest BCUT2D eigenvalue weighted by atomic mass is 16.6. The Hall–Kier alpha value is -2.63. The number of unbranched alkanes of at least 4 members (excludes halogenated alkanes) is 47. The van der Waals surface area contributed by atoms with E-state index in [1.165, 1.54) is 270 Å². The molecule has 0 N–H and O–H groups in total. The molecule has 0 bridgehead atoms. The summed E-state index contributed by atoms with van der Waals surface area (Å²) < 4.78 is 17.0. The number of rotatable bonds is 66. The van der Waals surface area contributed by atoms with Crippen molar-refractivity contribution in [2.45, 2.75) is 393 Å². The predicted octanol–water partition coefficient (Wildman–Crippen LogP) is 24.5. The lowest BCUT2D eigenvalue weighted by Gasteiger charge is -2.18. The molecule has 6 heteroatoms. The Kier molecular flexibility index (Phi) is 66.6. The monoisotopic (exact) mass is 1120 g/mol. The molecule has 0 aromatic carbocycles. The van der Waals surface area contributed by atoms with Crippen molar-refractivity contribution < 1.29 is 28.6 Å². The molecule has 0 aliphatic heterocycles. The van der Waals surface area contributed by atoms with Gasteiger partial charge in [-0.1, -0.05) is 333 Å². The summed E-state index contributed by atoms with van der Waals surface area (Å²) in [5.74, 6) is -0.859. The lowest BCUT2D eigenvalue weighted by Crippen LogP contribution is -2.30. The minimum atomic E-state index is -0.779. The second kappa shape index (κ2) is 68.9. The minimum Gasteiger partial charge on any atom is -0.462 e. The van der Waals surface area contributed by atoms with Gasteiger partial charge in [-0.15, -0.1) is 0 Å². The standard InChI is InChI=1S/C74H136O6/c1-4-7-10-13-16-19-22-25-28-31-33-35-36-37-39-40-43-46-49-52-55-58-61-64-67-73(76)79-70-71(69-78-72(75)66-63-60-57-54-51-48-45-42-30-27-24-21-18-15-12-9-6-3)80-74(77)68-65-62-59-56-53-50-47-44-41-38-34-32-29-26-23-20-17-14-11-8-5-2/h18,21,23,26-27,30,32,34,71H,4-17,19-20,22,24-25,28-29,31,33,35-70H2,1-3H3/b21-18-,26-23-,30-27-,34-32-. The lowest BCUT2D eigenvalue weighted by atomic mass is 10.0. The highest BCUT2D eigenvalue weighted by Crippen LogP contribution is 2.18. The van der Waals surface area contributed by atoms with E-state index in [1.807, 2.05) is 0 Å². The van der Waals surface area contributed by atoms with Crippen LogP contribution in [0.15, 0.2) is 48.6 Å². The van der Waals surface area contributed by atoms with Crippen LogP contribution in [0.5, 0.6) is 0 Å². The zero-order valence-corrected chi connectivity index (χ0v) is 53.9. The van der Waals surface area contributed by atoms with Crippen LogP contribution in [0.2, 0.25) is 0 Å². The first-order valence-corrected chi connectivity index (χ1v) is 35.6. The maximum atomic E-state index is 13.0. The van der Waals surface area contributed by atoms with E-state index in [-0.39, 0.29) is 31.1 Å². The molecule has 468 valence electrons. The molecule has 0 aromatic heterocycles. The van der Waals surface area contributed by atoms with Crippen molar-refractivity contribution >= 4 is 17.9 Å². The molecule has 0 aliphatic rings. The molecule has 1 atom stereocenters. The van der Waals surface area contributed by atoms with Gasteiger partial charge in [0.15, 0.2) is 6.10 Å². The van der Waals surface area contributed by atoms with Crippen LogP contribution >= 0.6 is 0 Å². The number of carbonyl (C=O) groups excluding carboxylic acids is 3. The summed E-state index contributed by atoms with van der Waals surface area (Å²) in [4.78, 5) is 38.5. The molecule has 0 aromatic rings. The number of ether oxygens (including phenoxy) is 3. The highest BCUT2D eigenvalue weighted by molar-refractivity contribution is 5.71. The third-order valence-electron chi connectivity index (χ3n) is 16.1. The summed E-state index contributed by atoms with van der Waals surface area (Å²) >= 11 is 0. The van der Waals surface area contributed by atoms with Crippen LogP contribution in [0.25, 0.3) is 0 Å². The molecule has 0 radical (unpaired) electrons. The van der Waals surface area contributed by atoms with Gasteiger partial charge in [0.05, 0.1) is 0 Å². The molecule has 80 heavy (non-hydrogen) atoms. The Morgan fingerprint density at radius 1 is 0.250 bits per heavy atom. The van der Waals surface area contributed by atoms with Crippen LogP contribution < -0.4 is 0 Å². The van der Waals surface area contributed by atoms with E-state index in [4.69, 9.17) is 14.2 Å². The van der Waals surface area contributed by atoms with Gasteiger partial charge < -0.3 is 14.2 Å². The van der Waals surface area contributed by atoms with Crippen LogP contribution in [0.4, 0.5) is 0 Å². The summed E-state index contributed by atoms with van der Waals surface area (Å²) in [6.45, 7) is 6.67. The van der Waals surface area contributed by atoms with Crippen molar-refractivity contribution in [1.29, 1.82) is 0 Å². The molecule has 0 rings (SSSR count). The predicted molar refractivity (Wildman–Crippen MR) is 349 cm³/mol. The molecular formula is C74H136O6. The van der Waals surface area contributed by atoms with Gasteiger partial charge in [0, 0.05) is 19.3 Å². The zero-order valence-electron chi connectivity index (χ0n) is 53.9. The molecule has 0 aliphatic carbocycles. The quantitative estimate of drug-likeness (QED) is 0.0261. The Morgan fingerprint density at radius 3 is 0.713 bits per heavy atom. The molecule has 6 nitrogen and oxygen atoms in total. The Bertz CT molecular complexity index is 1380. The number of allylic oxidation sites excluding steroid dienone is 8. The van der Waals surface area contributed by atoms with E-state index in [0.29, 0.717) is 19.3 Å². The third-order valence-corrected chi connectivity index (χ3v) is 16.1.